The predicted octanol–water partition coefficient (Wildman–Crippen LogP) is 1.37. The van der Waals surface area contributed by atoms with E-state index >= 15 is 0 Å². The van der Waals surface area contributed by atoms with E-state index in [9.17, 15) is 9.59 Å². The van der Waals surface area contributed by atoms with E-state index in [1.54, 1.807) is 4.90 Å². The van der Waals surface area contributed by atoms with Crippen molar-refractivity contribution in [2.45, 2.75) is 26.7 Å². The van der Waals surface area contributed by atoms with Crippen molar-refractivity contribution < 1.29 is 14.3 Å². The van der Waals surface area contributed by atoms with Gasteiger partial charge in [0.25, 0.3) is 0 Å². The Morgan fingerprint density at radius 2 is 1.95 bits per heavy atom. The summed E-state index contributed by atoms with van der Waals surface area (Å²) in [5.41, 5.74) is 3.33. The van der Waals surface area contributed by atoms with Gasteiger partial charge in [-0.2, -0.15) is 0 Å². The van der Waals surface area contributed by atoms with Gasteiger partial charge in [0.2, 0.25) is 11.8 Å². The highest BCUT2D eigenvalue weighted by Gasteiger charge is 2.41. The Morgan fingerprint density at radius 1 is 1.27 bits per heavy atom. The summed E-state index contributed by atoms with van der Waals surface area (Å²) in [4.78, 5) is 26.1. The number of nitrogens with zero attached hydrogens (tertiary/aromatic N) is 1. The molecule has 0 unspecified atom stereocenters. The van der Waals surface area contributed by atoms with E-state index in [2.05, 4.69) is 11.4 Å². The molecule has 1 N–H and O–H groups in total. The highest BCUT2D eigenvalue weighted by molar-refractivity contribution is 5.89. The van der Waals surface area contributed by atoms with E-state index in [1.807, 2.05) is 26.8 Å². The van der Waals surface area contributed by atoms with Crippen molar-refractivity contribution in [1.29, 1.82) is 0 Å². The largest absolute Gasteiger partial charge is 0.492 e. The Kier molecular flexibility index (Phi) is 3.81. The number of carbonyl (C=O) groups is 2. The van der Waals surface area contributed by atoms with Crippen molar-refractivity contribution in [3.8, 4) is 5.75 Å². The molecule has 3 rings (SSSR count). The zero-order valence-corrected chi connectivity index (χ0v) is 13.3. The third-order valence-electron chi connectivity index (χ3n) is 4.62. The van der Waals surface area contributed by atoms with Gasteiger partial charge in [-0.3, -0.25) is 9.59 Å². The van der Waals surface area contributed by atoms with Gasteiger partial charge in [0.15, 0.2) is 0 Å². The molecule has 1 atom stereocenters. The van der Waals surface area contributed by atoms with Crippen LogP contribution in [-0.4, -0.2) is 43.0 Å². The third kappa shape index (κ3) is 2.45. The van der Waals surface area contributed by atoms with Crippen molar-refractivity contribution >= 4 is 11.8 Å². The smallest absolute Gasteiger partial charge is 0.233 e. The maximum atomic E-state index is 12.6. The second-order valence-corrected chi connectivity index (χ2v) is 6.17. The van der Waals surface area contributed by atoms with Crippen molar-refractivity contribution in [3.05, 3.63) is 28.8 Å². The summed E-state index contributed by atoms with van der Waals surface area (Å²) >= 11 is 0. The first-order valence-corrected chi connectivity index (χ1v) is 7.81. The molecule has 22 heavy (non-hydrogen) atoms. The van der Waals surface area contributed by atoms with Gasteiger partial charge in [-0.1, -0.05) is 6.07 Å². The summed E-state index contributed by atoms with van der Waals surface area (Å²) < 4.78 is 5.67. The van der Waals surface area contributed by atoms with Crippen LogP contribution in [0.4, 0.5) is 0 Å². The molecular formula is C17H22N2O3. The van der Waals surface area contributed by atoms with Gasteiger partial charge in [-0.25, -0.2) is 0 Å². The number of nitrogens with one attached hydrogen (secondary N) is 1. The standard InChI is InChI=1S/C17H22N2O3/c1-4-18-16(20)12-7-19(8-12)17(21)14-9-22-15-6-11(3)10(2)5-13(14)15/h5-6,12,14H,4,7-9H2,1-3H3,(H,18,20)/t14-/m1/s1. The topological polar surface area (TPSA) is 58.6 Å². The third-order valence-corrected chi connectivity index (χ3v) is 4.62. The number of benzene rings is 1. The summed E-state index contributed by atoms with van der Waals surface area (Å²) in [6.07, 6.45) is 0. The number of amides is 2. The molecule has 5 heteroatoms. The lowest BCUT2D eigenvalue weighted by atomic mass is 9.92. The van der Waals surface area contributed by atoms with Gasteiger partial charge < -0.3 is 15.0 Å². The summed E-state index contributed by atoms with van der Waals surface area (Å²) in [5, 5.41) is 2.80. The zero-order valence-electron chi connectivity index (χ0n) is 13.3. The Hall–Kier alpha value is -2.04. The molecule has 2 aliphatic rings. The van der Waals surface area contributed by atoms with Crippen LogP contribution in [0.3, 0.4) is 0 Å². The molecule has 0 spiro atoms. The molecule has 2 heterocycles. The Morgan fingerprint density at radius 3 is 2.64 bits per heavy atom. The Balaban J connectivity index is 1.67. The molecule has 0 bridgehead atoms. The van der Waals surface area contributed by atoms with E-state index in [0.29, 0.717) is 26.2 Å². The molecule has 2 amide bonds. The van der Waals surface area contributed by atoms with Gasteiger partial charge >= 0.3 is 0 Å². The molecular weight excluding hydrogens is 280 g/mol. The maximum absolute atomic E-state index is 12.6. The van der Waals surface area contributed by atoms with Crippen LogP contribution in [0.2, 0.25) is 0 Å². The first-order chi connectivity index (χ1) is 10.5. The normalized spacial score (nSPS) is 20.1. The van der Waals surface area contributed by atoms with Crippen molar-refractivity contribution in [2.24, 2.45) is 5.92 Å². The molecule has 0 saturated carbocycles. The minimum absolute atomic E-state index is 0.0427. The second kappa shape index (κ2) is 5.63. The number of likely N-dealkylation sites (tertiary alicyclic amines) is 1. The van der Waals surface area contributed by atoms with Gasteiger partial charge in [0.05, 0.1) is 5.92 Å². The average Bonchev–Trinajstić information content (AvgIpc) is 2.80. The molecule has 0 aliphatic carbocycles. The van der Waals surface area contributed by atoms with Crippen LogP contribution >= 0.6 is 0 Å². The van der Waals surface area contributed by atoms with Crippen LogP contribution in [0.1, 0.15) is 29.5 Å². The van der Waals surface area contributed by atoms with E-state index in [4.69, 9.17) is 4.74 Å². The van der Waals surface area contributed by atoms with Crippen LogP contribution in [0, 0.1) is 19.8 Å². The van der Waals surface area contributed by atoms with Gasteiger partial charge in [0, 0.05) is 25.2 Å². The minimum Gasteiger partial charge on any atom is -0.492 e. The average molecular weight is 302 g/mol. The lowest BCUT2D eigenvalue weighted by Crippen LogP contribution is -2.56. The lowest BCUT2D eigenvalue weighted by molar-refractivity contribution is -0.144. The first kappa shape index (κ1) is 14.9. The fourth-order valence-electron chi connectivity index (χ4n) is 3.04. The second-order valence-electron chi connectivity index (χ2n) is 6.17. The number of hydrogen-bond donors (Lipinski definition) is 1. The predicted molar refractivity (Wildman–Crippen MR) is 82.9 cm³/mol. The summed E-state index contributed by atoms with van der Waals surface area (Å²) in [5.74, 6) is 0.640. The monoisotopic (exact) mass is 302 g/mol. The number of hydrogen-bond acceptors (Lipinski definition) is 3. The van der Waals surface area contributed by atoms with Gasteiger partial charge in [0.1, 0.15) is 18.3 Å². The Bertz CT molecular complexity index is 621. The maximum Gasteiger partial charge on any atom is 0.233 e. The van der Waals surface area contributed by atoms with Crippen LogP contribution < -0.4 is 10.1 Å². The van der Waals surface area contributed by atoms with Crippen LogP contribution in [0.15, 0.2) is 12.1 Å². The Labute approximate surface area is 130 Å². The summed E-state index contributed by atoms with van der Waals surface area (Å²) in [7, 11) is 0. The first-order valence-electron chi connectivity index (χ1n) is 7.81. The molecule has 0 radical (unpaired) electrons. The quantitative estimate of drug-likeness (QED) is 0.917. The number of carbonyl (C=O) groups excluding carboxylic acids is 2. The highest BCUT2D eigenvalue weighted by atomic mass is 16.5. The summed E-state index contributed by atoms with van der Waals surface area (Å²) in [6, 6.07) is 4.06. The van der Waals surface area contributed by atoms with Crippen LogP contribution in [0.5, 0.6) is 5.75 Å². The molecule has 1 fully saturated rings. The molecule has 0 aromatic heterocycles. The van der Waals surface area contributed by atoms with E-state index in [-0.39, 0.29) is 23.7 Å². The fraction of sp³-hybridized carbons (Fsp3) is 0.529. The number of aryl methyl sites for hydroxylation is 2. The van der Waals surface area contributed by atoms with Crippen molar-refractivity contribution in [2.75, 3.05) is 26.2 Å². The van der Waals surface area contributed by atoms with E-state index in [0.717, 1.165) is 11.3 Å². The van der Waals surface area contributed by atoms with Gasteiger partial charge in [-0.15, -0.1) is 0 Å². The fourth-order valence-corrected chi connectivity index (χ4v) is 3.04. The highest BCUT2D eigenvalue weighted by Crippen LogP contribution is 2.38. The van der Waals surface area contributed by atoms with Crippen LogP contribution in [-0.2, 0) is 9.59 Å². The number of rotatable bonds is 3. The van der Waals surface area contributed by atoms with E-state index < -0.39 is 0 Å². The SMILES string of the molecule is CCNC(=O)C1CN(C(=O)[C@@H]2COc3cc(C)c(C)cc32)C1. The van der Waals surface area contributed by atoms with Gasteiger partial charge in [-0.05, 0) is 38.0 Å². The van der Waals surface area contributed by atoms with Crippen molar-refractivity contribution in [3.63, 3.8) is 0 Å². The molecule has 5 nitrogen and oxygen atoms in total. The summed E-state index contributed by atoms with van der Waals surface area (Å²) in [6.45, 7) is 8.05. The number of fused-ring (bicyclic) bond motifs is 1. The van der Waals surface area contributed by atoms with E-state index in [1.165, 1.54) is 11.1 Å². The number of ether oxygens (including phenoxy) is 1. The zero-order chi connectivity index (χ0) is 15.9. The molecule has 1 aromatic rings. The molecule has 2 aliphatic heterocycles. The molecule has 1 saturated heterocycles. The molecule has 118 valence electrons. The minimum atomic E-state index is -0.232. The molecule has 1 aromatic carbocycles. The van der Waals surface area contributed by atoms with Crippen LogP contribution in [0.25, 0.3) is 0 Å². The van der Waals surface area contributed by atoms with Crippen molar-refractivity contribution in [1.82, 2.24) is 10.2 Å². The lowest BCUT2D eigenvalue weighted by Gasteiger charge is -2.39.